The normalized spacial score (nSPS) is 10.7. The van der Waals surface area contributed by atoms with Crippen LogP contribution in [0.4, 0.5) is 14.5 Å². The highest BCUT2D eigenvalue weighted by atomic mass is 32.1. The first-order chi connectivity index (χ1) is 9.65. The number of fused-ring (bicyclic) bond motifs is 1. The highest BCUT2D eigenvalue weighted by molar-refractivity contribution is 7.20. The average molecular weight is 289 g/mol. The van der Waals surface area contributed by atoms with Crippen LogP contribution in [-0.2, 0) is 0 Å². The predicted octanol–water partition coefficient (Wildman–Crippen LogP) is 4.43. The van der Waals surface area contributed by atoms with Gasteiger partial charge in [-0.05, 0) is 30.3 Å². The van der Waals surface area contributed by atoms with Crippen LogP contribution in [0.1, 0.15) is 9.67 Å². The van der Waals surface area contributed by atoms with Crippen LogP contribution in [0.2, 0.25) is 0 Å². The van der Waals surface area contributed by atoms with Gasteiger partial charge in [0.25, 0.3) is 5.91 Å². The van der Waals surface area contributed by atoms with Gasteiger partial charge < -0.3 is 5.32 Å². The number of anilines is 1. The zero-order valence-electron chi connectivity index (χ0n) is 10.2. The number of benzene rings is 2. The lowest BCUT2D eigenvalue weighted by Gasteiger charge is -2.03. The van der Waals surface area contributed by atoms with Gasteiger partial charge in [0.2, 0.25) is 0 Å². The average Bonchev–Trinajstić information content (AvgIpc) is 2.87. The number of hydrogen-bond donors (Lipinski definition) is 1. The summed E-state index contributed by atoms with van der Waals surface area (Å²) in [4.78, 5) is 12.4. The van der Waals surface area contributed by atoms with Crippen molar-refractivity contribution >= 4 is 33.0 Å². The van der Waals surface area contributed by atoms with E-state index in [2.05, 4.69) is 5.32 Å². The van der Waals surface area contributed by atoms with Crippen molar-refractivity contribution in [2.45, 2.75) is 0 Å². The van der Waals surface area contributed by atoms with Crippen LogP contribution < -0.4 is 5.32 Å². The van der Waals surface area contributed by atoms with E-state index in [4.69, 9.17) is 0 Å². The summed E-state index contributed by atoms with van der Waals surface area (Å²) in [5, 5.41) is 2.88. The molecule has 20 heavy (non-hydrogen) atoms. The molecule has 0 aliphatic carbocycles. The molecular weight excluding hydrogens is 280 g/mol. The van der Waals surface area contributed by atoms with Crippen molar-refractivity contribution in [1.29, 1.82) is 0 Å². The number of para-hydroxylation sites is 1. The molecule has 3 aromatic rings. The molecular formula is C15H9F2NOS. The van der Waals surface area contributed by atoms with Crippen molar-refractivity contribution in [2.24, 2.45) is 0 Å². The van der Waals surface area contributed by atoms with Crippen LogP contribution >= 0.6 is 11.3 Å². The minimum Gasteiger partial charge on any atom is -0.319 e. The molecule has 3 rings (SSSR count). The fourth-order valence-electron chi connectivity index (χ4n) is 1.88. The standard InChI is InChI=1S/C15H9F2NOS/c16-10-5-3-7-13-9(10)8-14(20-13)15(19)18-12-6-2-1-4-11(12)17/h1-8H,(H,18,19). The van der Waals surface area contributed by atoms with Gasteiger partial charge in [-0.2, -0.15) is 0 Å². The second-order valence-corrected chi connectivity index (χ2v) is 5.28. The van der Waals surface area contributed by atoms with Crippen LogP contribution in [-0.4, -0.2) is 5.91 Å². The largest absolute Gasteiger partial charge is 0.319 e. The first-order valence-electron chi connectivity index (χ1n) is 5.89. The Bertz CT molecular complexity index is 797. The number of carbonyl (C=O) groups is 1. The van der Waals surface area contributed by atoms with E-state index in [1.807, 2.05) is 0 Å². The molecule has 5 heteroatoms. The highest BCUT2D eigenvalue weighted by Crippen LogP contribution is 2.28. The van der Waals surface area contributed by atoms with Crippen molar-refractivity contribution < 1.29 is 13.6 Å². The van der Waals surface area contributed by atoms with E-state index in [0.717, 1.165) is 0 Å². The molecule has 0 saturated heterocycles. The predicted molar refractivity (Wildman–Crippen MR) is 76.1 cm³/mol. The number of thiophene rings is 1. The fraction of sp³-hybridized carbons (Fsp3) is 0. The summed E-state index contributed by atoms with van der Waals surface area (Å²) >= 11 is 1.17. The minimum atomic E-state index is -0.506. The van der Waals surface area contributed by atoms with Crippen molar-refractivity contribution in [3.63, 3.8) is 0 Å². The molecule has 1 amide bonds. The second-order valence-electron chi connectivity index (χ2n) is 4.20. The van der Waals surface area contributed by atoms with E-state index in [0.29, 0.717) is 15.0 Å². The minimum absolute atomic E-state index is 0.107. The summed E-state index contributed by atoms with van der Waals surface area (Å²) in [7, 11) is 0. The monoisotopic (exact) mass is 289 g/mol. The first kappa shape index (κ1) is 12.7. The Morgan fingerprint density at radius 3 is 2.50 bits per heavy atom. The van der Waals surface area contributed by atoms with Crippen molar-refractivity contribution in [3.8, 4) is 0 Å². The lowest BCUT2D eigenvalue weighted by atomic mass is 10.2. The van der Waals surface area contributed by atoms with Crippen molar-refractivity contribution in [1.82, 2.24) is 0 Å². The molecule has 1 aromatic heterocycles. The lowest BCUT2D eigenvalue weighted by molar-refractivity contribution is 0.103. The van der Waals surface area contributed by atoms with Gasteiger partial charge in [-0.3, -0.25) is 4.79 Å². The Morgan fingerprint density at radius 2 is 1.75 bits per heavy atom. The van der Waals surface area contributed by atoms with Crippen LogP contribution in [0.25, 0.3) is 10.1 Å². The van der Waals surface area contributed by atoms with Gasteiger partial charge in [0.1, 0.15) is 11.6 Å². The summed E-state index contributed by atoms with van der Waals surface area (Å²) in [5.74, 6) is -1.33. The molecule has 0 aliphatic rings. The Labute approximate surface area is 117 Å². The van der Waals surface area contributed by atoms with Gasteiger partial charge in [0, 0.05) is 10.1 Å². The highest BCUT2D eigenvalue weighted by Gasteiger charge is 2.13. The Kier molecular flexibility index (Phi) is 3.20. The first-order valence-corrected chi connectivity index (χ1v) is 6.71. The SMILES string of the molecule is O=C(Nc1ccccc1F)c1cc2c(F)cccc2s1. The lowest BCUT2D eigenvalue weighted by Crippen LogP contribution is -2.11. The quantitative estimate of drug-likeness (QED) is 0.743. The van der Waals surface area contributed by atoms with E-state index in [9.17, 15) is 13.6 Å². The van der Waals surface area contributed by atoms with Gasteiger partial charge in [0.15, 0.2) is 0 Å². The molecule has 1 N–H and O–H groups in total. The molecule has 1 heterocycles. The van der Waals surface area contributed by atoms with Gasteiger partial charge in [-0.1, -0.05) is 18.2 Å². The van der Waals surface area contributed by atoms with Crippen LogP contribution in [0.15, 0.2) is 48.5 Å². The Balaban J connectivity index is 1.93. The van der Waals surface area contributed by atoms with E-state index in [1.165, 1.54) is 35.6 Å². The summed E-state index contributed by atoms with van der Waals surface area (Å²) < 4.78 is 27.7. The maximum atomic E-state index is 13.6. The third kappa shape index (κ3) is 2.28. The summed E-state index contributed by atoms with van der Waals surface area (Å²) in [6.07, 6.45) is 0. The molecule has 0 fully saturated rings. The number of hydrogen-bond acceptors (Lipinski definition) is 2. The molecule has 0 aliphatic heterocycles. The molecule has 2 aromatic carbocycles. The third-order valence-corrected chi connectivity index (χ3v) is 3.95. The topological polar surface area (TPSA) is 29.1 Å². The van der Waals surface area contributed by atoms with E-state index in [1.54, 1.807) is 24.3 Å². The van der Waals surface area contributed by atoms with Gasteiger partial charge >= 0.3 is 0 Å². The number of nitrogens with one attached hydrogen (secondary N) is 1. The molecule has 0 bridgehead atoms. The smallest absolute Gasteiger partial charge is 0.265 e. The zero-order valence-corrected chi connectivity index (χ0v) is 11.0. The second kappa shape index (κ2) is 5.02. The van der Waals surface area contributed by atoms with Crippen LogP contribution in [0.5, 0.6) is 0 Å². The van der Waals surface area contributed by atoms with Gasteiger partial charge in [0.05, 0.1) is 10.6 Å². The molecule has 2 nitrogen and oxygen atoms in total. The Morgan fingerprint density at radius 1 is 1.00 bits per heavy atom. The molecule has 0 spiro atoms. The van der Waals surface area contributed by atoms with Crippen LogP contribution in [0.3, 0.4) is 0 Å². The number of rotatable bonds is 2. The summed E-state index contributed by atoms with van der Waals surface area (Å²) in [6.45, 7) is 0. The van der Waals surface area contributed by atoms with Crippen LogP contribution in [0, 0.1) is 11.6 Å². The Hall–Kier alpha value is -2.27. The molecule has 0 unspecified atom stereocenters. The molecule has 0 radical (unpaired) electrons. The molecule has 0 atom stereocenters. The molecule has 100 valence electrons. The zero-order chi connectivity index (χ0) is 14.1. The van der Waals surface area contributed by atoms with E-state index in [-0.39, 0.29) is 11.5 Å². The van der Waals surface area contributed by atoms with Crippen molar-refractivity contribution in [3.05, 3.63) is 65.0 Å². The maximum absolute atomic E-state index is 13.6. The fourth-order valence-corrected chi connectivity index (χ4v) is 2.85. The molecule has 0 saturated carbocycles. The number of carbonyl (C=O) groups excluding carboxylic acids is 1. The van der Waals surface area contributed by atoms with E-state index >= 15 is 0 Å². The number of amides is 1. The number of halogens is 2. The third-order valence-electron chi connectivity index (χ3n) is 2.85. The van der Waals surface area contributed by atoms with E-state index < -0.39 is 11.7 Å². The van der Waals surface area contributed by atoms with Crippen molar-refractivity contribution in [2.75, 3.05) is 5.32 Å². The maximum Gasteiger partial charge on any atom is 0.265 e. The summed E-state index contributed by atoms with van der Waals surface area (Å²) in [6, 6.07) is 12.1. The van der Waals surface area contributed by atoms with Gasteiger partial charge in [-0.25, -0.2) is 8.78 Å². The summed E-state index contributed by atoms with van der Waals surface area (Å²) in [5.41, 5.74) is 0.107. The van der Waals surface area contributed by atoms with Gasteiger partial charge in [-0.15, -0.1) is 11.3 Å².